The molecule has 142 valence electrons. The number of hydrogen-bond acceptors (Lipinski definition) is 3. The Kier molecular flexibility index (Phi) is 5.82. The molecule has 3 saturated heterocycles. The third-order valence-corrected chi connectivity index (χ3v) is 5.61. The lowest BCUT2D eigenvalue weighted by molar-refractivity contribution is -0.125. The zero-order chi connectivity index (χ0) is 18.1. The van der Waals surface area contributed by atoms with E-state index in [-0.39, 0.29) is 29.8 Å². The van der Waals surface area contributed by atoms with Crippen molar-refractivity contribution in [3.8, 4) is 11.1 Å². The summed E-state index contributed by atoms with van der Waals surface area (Å²) >= 11 is 0. The molecule has 2 aromatic rings. The second-order valence-corrected chi connectivity index (χ2v) is 7.19. The largest absolute Gasteiger partial charge is 0.478 e. The number of aromatic carboxylic acids is 1. The molecule has 1 amide bonds. The topological polar surface area (TPSA) is 69.6 Å². The standard InChI is InChI=1S/C21H22N2O3.ClH/c24-20(19-13-23-11-9-16(19)10-12-23)22-18-7-5-15(6-8-18)14-1-3-17(4-2-14)21(25)26;/h1-8,16,19H,9-13H2,(H,22,24)(H,25,26);1H/t19-;/m1./s1. The number of benzene rings is 2. The van der Waals surface area contributed by atoms with Crippen LogP contribution in [0.2, 0.25) is 0 Å². The van der Waals surface area contributed by atoms with Crippen molar-refractivity contribution in [1.29, 1.82) is 0 Å². The van der Waals surface area contributed by atoms with Crippen LogP contribution in [-0.4, -0.2) is 41.5 Å². The molecule has 27 heavy (non-hydrogen) atoms. The molecule has 3 heterocycles. The van der Waals surface area contributed by atoms with E-state index in [1.807, 2.05) is 24.3 Å². The summed E-state index contributed by atoms with van der Waals surface area (Å²) in [7, 11) is 0. The number of amides is 1. The second-order valence-electron chi connectivity index (χ2n) is 7.19. The molecule has 0 saturated carbocycles. The highest BCUT2D eigenvalue weighted by atomic mass is 35.5. The molecule has 3 aliphatic heterocycles. The molecule has 0 radical (unpaired) electrons. The summed E-state index contributed by atoms with van der Waals surface area (Å²) in [6.07, 6.45) is 2.26. The molecule has 0 spiro atoms. The molecule has 0 aromatic heterocycles. The zero-order valence-electron chi connectivity index (χ0n) is 14.9. The van der Waals surface area contributed by atoms with Gasteiger partial charge in [-0.3, -0.25) is 4.79 Å². The van der Waals surface area contributed by atoms with Crippen LogP contribution in [0.3, 0.4) is 0 Å². The molecule has 5 rings (SSSR count). The number of nitrogens with one attached hydrogen (secondary N) is 1. The van der Waals surface area contributed by atoms with Crippen molar-refractivity contribution in [2.75, 3.05) is 25.0 Å². The van der Waals surface area contributed by atoms with Crippen LogP contribution in [0, 0.1) is 11.8 Å². The minimum Gasteiger partial charge on any atom is -0.478 e. The summed E-state index contributed by atoms with van der Waals surface area (Å²) in [5, 5.41) is 12.0. The van der Waals surface area contributed by atoms with Crippen LogP contribution in [0.5, 0.6) is 0 Å². The Morgan fingerprint density at radius 3 is 1.96 bits per heavy atom. The lowest BCUT2D eigenvalue weighted by atomic mass is 9.78. The number of fused-ring (bicyclic) bond motifs is 3. The van der Waals surface area contributed by atoms with Gasteiger partial charge in [0.15, 0.2) is 0 Å². The number of halogens is 1. The van der Waals surface area contributed by atoms with Crippen molar-refractivity contribution in [1.82, 2.24) is 4.90 Å². The quantitative estimate of drug-likeness (QED) is 0.839. The molecule has 1 atom stereocenters. The van der Waals surface area contributed by atoms with E-state index in [2.05, 4.69) is 10.2 Å². The van der Waals surface area contributed by atoms with Crippen LogP contribution < -0.4 is 5.32 Å². The summed E-state index contributed by atoms with van der Waals surface area (Å²) in [6, 6.07) is 14.5. The number of carboxylic acids is 1. The maximum absolute atomic E-state index is 12.6. The number of carboxylic acid groups (broad SMARTS) is 1. The van der Waals surface area contributed by atoms with Gasteiger partial charge in [0.25, 0.3) is 0 Å². The smallest absolute Gasteiger partial charge is 0.335 e. The van der Waals surface area contributed by atoms with Crippen molar-refractivity contribution in [3.63, 3.8) is 0 Å². The number of nitrogens with zero attached hydrogens (tertiary/aromatic N) is 1. The second kappa shape index (κ2) is 8.11. The van der Waals surface area contributed by atoms with E-state index in [4.69, 9.17) is 5.11 Å². The molecule has 3 fully saturated rings. The monoisotopic (exact) mass is 386 g/mol. The highest BCUT2D eigenvalue weighted by molar-refractivity contribution is 5.93. The normalized spacial score (nSPS) is 23.3. The molecule has 6 heteroatoms. The van der Waals surface area contributed by atoms with E-state index in [0.29, 0.717) is 5.92 Å². The summed E-state index contributed by atoms with van der Waals surface area (Å²) in [5.74, 6) is -0.187. The Labute approximate surface area is 164 Å². The SMILES string of the molecule is Cl.O=C(O)c1ccc(-c2ccc(NC(=O)[C@@H]3CN4CCC3CC4)cc2)cc1. The fourth-order valence-electron chi connectivity index (χ4n) is 4.05. The van der Waals surface area contributed by atoms with Gasteiger partial charge in [0, 0.05) is 12.2 Å². The number of piperidine rings is 3. The van der Waals surface area contributed by atoms with Crippen LogP contribution in [0.1, 0.15) is 23.2 Å². The van der Waals surface area contributed by atoms with Crippen molar-refractivity contribution in [3.05, 3.63) is 54.1 Å². The zero-order valence-corrected chi connectivity index (χ0v) is 15.7. The first-order valence-corrected chi connectivity index (χ1v) is 9.07. The Morgan fingerprint density at radius 1 is 0.926 bits per heavy atom. The predicted octanol–water partition coefficient (Wildman–Crippen LogP) is 3.75. The lowest BCUT2D eigenvalue weighted by Crippen LogP contribution is -2.51. The van der Waals surface area contributed by atoms with E-state index in [0.717, 1.165) is 49.3 Å². The van der Waals surface area contributed by atoms with Gasteiger partial charge in [-0.15, -0.1) is 12.4 Å². The molecular formula is C21H23ClN2O3. The van der Waals surface area contributed by atoms with E-state index < -0.39 is 5.97 Å². The van der Waals surface area contributed by atoms with Gasteiger partial charge in [0.05, 0.1) is 11.5 Å². The van der Waals surface area contributed by atoms with Crippen molar-refractivity contribution in [2.45, 2.75) is 12.8 Å². The van der Waals surface area contributed by atoms with Crippen LogP contribution in [0.15, 0.2) is 48.5 Å². The van der Waals surface area contributed by atoms with Crippen LogP contribution in [-0.2, 0) is 4.79 Å². The first kappa shape index (κ1) is 19.4. The third kappa shape index (κ3) is 4.15. The van der Waals surface area contributed by atoms with Gasteiger partial charge in [0.2, 0.25) is 5.91 Å². The van der Waals surface area contributed by atoms with Gasteiger partial charge in [0.1, 0.15) is 0 Å². The summed E-state index contributed by atoms with van der Waals surface area (Å²) < 4.78 is 0. The van der Waals surface area contributed by atoms with Gasteiger partial charge in [-0.2, -0.15) is 0 Å². The van der Waals surface area contributed by atoms with Gasteiger partial charge in [-0.25, -0.2) is 4.79 Å². The van der Waals surface area contributed by atoms with Crippen LogP contribution >= 0.6 is 12.4 Å². The number of hydrogen-bond donors (Lipinski definition) is 2. The molecule has 5 nitrogen and oxygen atoms in total. The fourth-order valence-corrected chi connectivity index (χ4v) is 4.05. The van der Waals surface area contributed by atoms with Crippen molar-refractivity contribution >= 4 is 30.0 Å². The third-order valence-electron chi connectivity index (χ3n) is 5.61. The number of rotatable bonds is 4. The summed E-state index contributed by atoms with van der Waals surface area (Å²) in [5.41, 5.74) is 3.01. The van der Waals surface area contributed by atoms with Crippen molar-refractivity contribution in [2.24, 2.45) is 11.8 Å². The molecular weight excluding hydrogens is 364 g/mol. The van der Waals surface area contributed by atoms with E-state index in [1.165, 1.54) is 0 Å². The van der Waals surface area contributed by atoms with Gasteiger partial charge >= 0.3 is 5.97 Å². The van der Waals surface area contributed by atoms with E-state index in [1.54, 1.807) is 24.3 Å². The van der Waals surface area contributed by atoms with E-state index in [9.17, 15) is 9.59 Å². The lowest BCUT2D eigenvalue weighted by Gasteiger charge is -2.43. The van der Waals surface area contributed by atoms with Crippen molar-refractivity contribution < 1.29 is 14.7 Å². The van der Waals surface area contributed by atoms with Gasteiger partial charge in [-0.1, -0.05) is 24.3 Å². The minimum absolute atomic E-state index is 0. The summed E-state index contributed by atoms with van der Waals surface area (Å²) in [4.78, 5) is 25.9. The highest BCUT2D eigenvalue weighted by Gasteiger charge is 2.38. The Bertz CT molecular complexity index is 812. The maximum Gasteiger partial charge on any atom is 0.335 e. The van der Waals surface area contributed by atoms with Gasteiger partial charge in [-0.05, 0) is 67.2 Å². The minimum atomic E-state index is -0.928. The van der Waals surface area contributed by atoms with Crippen LogP contribution in [0.4, 0.5) is 5.69 Å². The number of carbonyl (C=O) groups excluding carboxylic acids is 1. The van der Waals surface area contributed by atoms with Gasteiger partial charge < -0.3 is 15.3 Å². The Balaban J connectivity index is 0.00000210. The Morgan fingerprint density at radius 2 is 1.48 bits per heavy atom. The first-order valence-electron chi connectivity index (χ1n) is 9.07. The Hall–Kier alpha value is -2.37. The first-order chi connectivity index (χ1) is 12.6. The number of carbonyl (C=O) groups is 2. The number of anilines is 1. The predicted molar refractivity (Wildman–Crippen MR) is 107 cm³/mol. The molecule has 0 aliphatic carbocycles. The molecule has 2 N–H and O–H groups in total. The van der Waals surface area contributed by atoms with E-state index >= 15 is 0 Å². The maximum atomic E-state index is 12.6. The fraction of sp³-hybridized carbons (Fsp3) is 0.333. The van der Waals surface area contributed by atoms with Crippen LogP contribution in [0.25, 0.3) is 11.1 Å². The molecule has 3 aliphatic rings. The average molecular weight is 387 g/mol. The molecule has 2 aromatic carbocycles. The molecule has 2 bridgehead atoms. The summed E-state index contributed by atoms with van der Waals surface area (Å²) in [6.45, 7) is 3.14. The highest BCUT2D eigenvalue weighted by Crippen LogP contribution is 2.33. The molecule has 0 unspecified atom stereocenters. The average Bonchev–Trinajstić information content (AvgIpc) is 2.69.